The number of ether oxygens (including phenoxy) is 2. The maximum atomic E-state index is 13.6. The van der Waals surface area contributed by atoms with E-state index in [1.165, 1.54) is 23.5 Å². The first-order valence-electron chi connectivity index (χ1n) is 6.88. The number of carbonyl (C=O) groups excluding carboxylic acids is 1. The molecule has 0 aliphatic rings. The van der Waals surface area contributed by atoms with Gasteiger partial charge in [-0.3, -0.25) is 10.1 Å². The molecule has 0 radical (unpaired) electrons. The van der Waals surface area contributed by atoms with Gasteiger partial charge < -0.3 is 9.47 Å². The van der Waals surface area contributed by atoms with Gasteiger partial charge in [-0.05, 0) is 30.3 Å². The minimum Gasteiger partial charge on any atom is -0.494 e. The van der Waals surface area contributed by atoms with Crippen LogP contribution < -0.4 is 14.8 Å². The molecule has 0 saturated heterocycles. The fourth-order valence-corrected chi connectivity index (χ4v) is 3.27. The van der Waals surface area contributed by atoms with Crippen molar-refractivity contribution in [3.63, 3.8) is 0 Å². The summed E-state index contributed by atoms with van der Waals surface area (Å²) in [6.07, 6.45) is 0. The number of benzene rings is 2. The van der Waals surface area contributed by atoms with E-state index in [2.05, 4.69) is 26.2 Å². The van der Waals surface area contributed by atoms with Gasteiger partial charge in [0.2, 0.25) is 0 Å². The quantitative estimate of drug-likeness (QED) is 0.683. The van der Waals surface area contributed by atoms with Crippen LogP contribution in [0.25, 0.3) is 10.2 Å². The molecule has 0 aliphatic carbocycles. The Morgan fingerprint density at radius 2 is 2.17 bits per heavy atom. The highest BCUT2D eigenvalue weighted by Gasteiger charge is 2.12. The van der Waals surface area contributed by atoms with E-state index in [-0.39, 0.29) is 12.4 Å². The third-order valence-electron chi connectivity index (χ3n) is 3.10. The second kappa shape index (κ2) is 7.14. The molecule has 0 spiro atoms. The Morgan fingerprint density at radius 3 is 2.92 bits per heavy atom. The van der Waals surface area contributed by atoms with E-state index in [1.54, 1.807) is 19.2 Å². The van der Waals surface area contributed by atoms with Crippen LogP contribution in [0, 0.1) is 5.82 Å². The van der Waals surface area contributed by atoms with Gasteiger partial charge in [0.15, 0.2) is 23.3 Å². The molecular formula is C16H12BrFN2O3S. The van der Waals surface area contributed by atoms with Gasteiger partial charge in [-0.15, -0.1) is 0 Å². The average molecular weight is 411 g/mol. The Balaban J connectivity index is 1.66. The molecule has 3 aromatic rings. The molecule has 124 valence electrons. The standard InChI is InChI=1S/C16H12BrFN2O3S/c1-22-12-3-2-4-13-15(12)20-16(24-13)19-14(21)8-23-11-6-5-9(17)7-10(11)18/h2-7H,8H2,1H3,(H,19,20,21). The number of carbonyl (C=O) groups is 1. The van der Waals surface area contributed by atoms with Gasteiger partial charge in [-0.25, -0.2) is 9.37 Å². The summed E-state index contributed by atoms with van der Waals surface area (Å²) in [6, 6.07) is 9.90. The lowest BCUT2D eigenvalue weighted by Gasteiger charge is -2.06. The van der Waals surface area contributed by atoms with Crippen LogP contribution in [0.15, 0.2) is 40.9 Å². The molecule has 2 aromatic carbocycles. The maximum Gasteiger partial charge on any atom is 0.264 e. The molecule has 5 nitrogen and oxygen atoms in total. The van der Waals surface area contributed by atoms with E-state index < -0.39 is 11.7 Å². The summed E-state index contributed by atoms with van der Waals surface area (Å²) in [7, 11) is 1.56. The predicted molar refractivity (Wildman–Crippen MR) is 94.4 cm³/mol. The van der Waals surface area contributed by atoms with Gasteiger partial charge in [0.05, 0.1) is 11.8 Å². The van der Waals surface area contributed by atoms with Crippen LogP contribution in [0.2, 0.25) is 0 Å². The Kier molecular flexibility index (Phi) is 4.96. The van der Waals surface area contributed by atoms with Gasteiger partial charge in [0.1, 0.15) is 11.3 Å². The van der Waals surface area contributed by atoms with Crippen LogP contribution in [0.3, 0.4) is 0 Å². The van der Waals surface area contributed by atoms with Gasteiger partial charge in [0, 0.05) is 4.47 Å². The molecule has 0 fully saturated rings. The Morgan fingerprint density at radius 1 is 1.33 bits per heavy atom. The summed E-state index contributed by atoms with van der Waals surface area (Å²) >= 11 is 4.48. The van der Waals surface area contributed by atoms with Crippen LogP contribution in [0.1, 0.15) is 0 Å². The van der Waals surface area contributed by atoms with E-state index in [4.69, 9.17) is 9.47 Å². The zero-order valence-electron chi connectivity index (χ0n) is 12.5. The first-order valence-corrected chi connectivity index (χ1v) is 8.49. The lowest BCUT2D eigenvalue weighted by molar-refractivity contribution is -0.118. The number of hydrogen-bond acceptors (Lipinski definition) is 5. The highest BCUT2D eigenvalue weighted by molar-refractivity contribution is 9.10. The molecule has 1 amide bonds. The molecule has 0 saturated carbocycles. The first kappa shape index (κ1) is 16.7. The van der Waals surface area contributed by atoms with Crippen molar-refractivity contribution < 1.29 is 18.7 Å². The second-order valence-corrected chi connectivity index (χ2v) is 6.68. The number of rotatable bonds is 5. The highest BCUT2D eigenvalue weighted by Crippen LogP contribution is 2.32. The van der Waals surface area contributed by atoms with E-state index in [0.717, 1.165) is 4.70 Å². The van der Waals surface area contributed by atoms with Crippen molar-refractivity contribution in [2.24, 2.45) is 0 Å². The van der Waals surface area contributed by atoms with Gasteiger partial charge in [-0.2, -0.15) is 0 Å². The number of aromatic nitrogens is 1. The summed E-state index contributed by atoms with van der Waals surface area (Å²) in [5, 5.41) is 3.07. The fourth-order valence-electron chi connectivity index (χ4n) is 2.03. The third kappa shape index (κ3) is 3.65. The fraction of sp³-hybridized carbons (Fsp3) is 0.125. The number of halogens is 2. The van der Waals surface area contributed by atoms with Crippen LogP contribution in [0.4, 0.5) is 9.52 Å². The number of anilines is 1. The number of amides is 1. The number of thiazole rings is 1. The highest BCUT2D eigenvalue weighted by atomic mass is 79.9. The van der Waals surface area contributed by atoms with Crippen LogP contribution in [0.5, 0.6) is 11.5 Å². The van der Waals surface area contributed by atoms with Gasteiger partial charge in [0.25, 0.3) is 5.91 Å². The Labute approximate surface area is 149 Å². The summed E-state index contributed by atoms with van der Waals surface area (Å²) in [5.41, 5.74) is 0.681. The normalized spacial score (nSPS) is 10.6. The second-order valence-electron chi connectivity index (χ2n) is 4.74. The summed E-state index contributed by atoms with van der Waals surface area (Å²) in [4.78, 5) is 16.3. The van der Waals surface area contributed by atoms with Crippen molar-refractivity contribution in [3.8, 4) is 11.5 Å². The average Bonchev–Trinajstić information content (AvgIpc) is 2.96. The number of hydrogen-bond donors (Lipinski definition) is 1. The minimum absolute atomic E-state index is 0.0133. The Bertz CT molecular complexity index is 900. The largest absolute Gasteiger partial charge is 0.494 e. The summed E-state index contributed by atoms with van der Waals surface area (Å²) in [6.45, 7) is -0.314. The van der Waals surface area contributed by atoms with E-state index in [1.807, 2.05) is 12.1 Å². The lowest BCUT2D eigenvalue weighted by atomic mass is 10.3. The molecule has 3 rings (SSSR count). The van der Waals surface area contributed by atoms with Crippen LogP contribution in [-0.2, 0) is 4.79 Å². The number of nitrogens with zero attached hydrogens (tertiary/aromatic N) is 1. The molecule has 24 heavy (non-hydrogen) atoms. The molecule has 0 unspecified atom stereocenters. The molecular weight excluding hydrogens is 399 g/mol. The third-order valence-corrected chi connectivity index (χ3v) is 4.53. The Hall–Kier alpha value is -2.19. The van der Waals surface area contributed by atoms with Gasteiger partial charge >= 0.3 is 0 Å². The zero-order chi connectivity index (χ0) is 17.1. The van der Waals surface area contributed by atoms with E-state index >= 15 is 0 Å². The topological polar surface area (TPSA) is 60.5 Å². The van der Waals surface area contributed by atoms with Crippen LogP contribution in [-0.4, -0.2) is 24.6 Å². The van der Waals surface area contributed by atoms with Crippen molar-refractivity contribution in [2.75, 3.05) is 19.0 Å². The predicted octanol–water partition coefficient (Wildman–Crippen LogP) is 4.22. The molecule has 1 heterocycles. The molecule has 0 aliphatic heterocycles. The van der Waals surface area contributed by atoms with Crippen LogP contribution >= 0.6 is 27.3 Å². The van der Waals surface area contributed by atoms with Crippen molar-refractivity contribution in [1.29, 1.82) is 0 Å². The number of methoxy groups -OCH3 is 1. The lowest BCUT2D eigenvalue weighted by Crippen LogP contribution is -2.20. The zero-order valence-corrected chi connectivity index (χ0v) is 14.9. The molecule has 1 aromatic heterocycles. The number of para-hydroxylation sites is 1. The minimum atomic E-state index is -0.540. The van der Waals surface area contributed by atoms with Crippen molar-refractivity contribution in [2.45, 2.75) is 0 Å². The first-order chi connectivity index (χ1) is 11.6. The van der Waals surface area contributed by atoms with Gasteiger partial charge in [-0.1, -0.05) is 33.3 Å². The molecule has 1 N–H and O–H groups in total. The van der Waals surface area contributed by atoms with Crippen molar-refractivity contribution >= 4 is 48.5 Å². The van der Waals surface area contributed by atoms with E-state index in [9.17, 15) is 9.18 Å². The summed E-state index contributed by atoms with van der Waals surface area (Å²) < 4.78 is 25.6. The molecule has 0 atom stereocenters. The number of fused-ring (bicyclic) bond motifs is 1. The van der Waals surface area contributed by atoms with Crippen molar-refractivity contribution in [1.82, 2.24) is 4.98 Å². The smallest absolute Gasteiger partial charge is 0.264 e. The monoisotopic (exact) mass is 410 g/mol. The summed E-state index contributed by atoms with van der Waals surface area (Å²) in [5.74, 6) is -0.311. The number of nitrogens with one attached hydrogen (secondary N) is 1. The van der Waals surface area contributed by atoms with Crippen molar-refractivity contribution in [3.05, 3.63) is 46.7 Å². The molecule has 0 bridgehead atoms. The SMILES string of the molecule is COc1cccc2sc(NC(=O)COc3ccc(Br)cc3F)nc12. The van der Waals surface area contributed by atoms with E-state index in [0.29, 0.717) is 20.9 Å². The maximum absolute atomic E-state index is 13.6. The molecule has 8 heteroatoms.